The predicted octanol–water partition coefficient (Wildman–Crippen LogP) is 6.00. The van der Waals surface area contributed by atoms with Gasteiger partial charge in [0.05, 0.1) is 27.7 Å². The van der Waals surface area contributed by atoms with Crippen LogP contribution in [0.2, 0.25) is 5.02 Å². The van der Waals surface area contributed by atoms with Crippen molar-refractivity contribution in [2.45, 2.75) is 39.7 Å². The lowest BCUT2D eigenvalue weighted by molar-refractivity contribution is -0.115. The van der Waals surface area contributed by atoms with Crippen molar-refractivity contribution in [3.8, 4) is 11.3 Å². The molecule has 7 nitrogen and oxygen atoms in total. The number of halogens is 2. The van der Waals surface area contributed by atoms with Gasteiger partial charge in [-0.2, -0.15) is 5.10 Å². The van der Waals surface area contributed by atoms with Gasteiger partial charge in [0.25, 0.3) is 5.91 Å². The van der Waals surface area contributed by atoms with E-state index in [0.29, 0.717) is 29.8 Å². The van der Waals surface area contributed by atoms with Crippen LogP contribution in [0.5, 0.6) is 0 Å². The van der Waals surface area contributed by atoms with Crippen LogP contribution < -0.4 is 15.1 Å². The molecule has 3 aromatic rings. The quantitative estimate of drug-likeness (QED) is 0.412. The number of anilines is 3. The molecule has 2 aliphatic rings. The Hall–Kier alpha value is -3.39. The van der Waals surface area contributed by atoms with E-state index in [1.807, 2.05) is 36.7 Å². The maximum atomic E-state index is 14.6. The van der Waals surface area contributed by atoms with Crippen LogP contribution in [0.4, 0.5) is 21.6 Å². The number of nitrogens with zero attached hydrogens (tertiary/aromatic N) is 4. The molecule has 2 unspecified atom stereocenters. The minimum atomic E-state index is -0.646. The molecule has 1 aliphatic carbocycles. The SMILES string of the molecule is CCC(=O)Nc1cc(-c2ccc(N(C)C(=O)c3c(F)cccc3Cl)c(N3CC4CC4C3)c2)n(C(C)C)n1. The highest BCUT2D eigenvalue weighted by molar-refractivity contribution is 6.34. The third kappa shape index (κ3) is 4.82. The zero-order valence-corrected chi connectivity index (χ0v) is 22.2. The van der Waals surface area contributed by atoms with Gasteiger partial charge in [-0.25, -0.2) is 4.39 Å². The number of aromatic nitrogens is 2. The normalized spacial score (nSPS) is 18.2. The summed E-state index contributed by atoms with van der Waals surface area (Å²) in [6.45, 7) is 7.72. The van der Waals surface area contributed by atoms with Crippen LogP contribution in [0, 0.1) is 17.7 Å². The van der Waals surface area contributed by atoms with E-state index in [4.69, 9.17) is 11.6 Å². The van der Waals surface area contributed by atoms with Crippen molar-refractivity contribution in [3.05, 3.63) is 58.9 Å². The highest BCUT2D eigenvalue weighted by Crippen LogP contribution is 2.48. The first kappa shape index (κ1) is 25.3. The van der Waals surface area contributed by atoms with Gasteiger partial charge >= 0.3 is 0 Å². The van der Waals surface area contributed by atoms with Crippen LogP contribution in [0.15, 0.2) is 42.5 Å². The van der Waals surface area contributed by atoms with Gasteiger partial charge in [-0.1, -0.05) is 30.7 Å². The summed E-state index contributed by atoms with van der Waals surface area (Å²) in [6, 6.07) is 12.1. The van der Waals surface area contributed by atoms with Crippen molar-refractivity contribution in [1.82, 2.24) is 9.78 Å². The van der Waals surface area contributed by atoms with E-state index in [9.17, 15) is 14.0 Å². The van der Waals surface area contributed by atoms with E-state index < -0.39 is 11.7 Å². The minimum absolute atomic E-state index is 0.0669. The number of hydrogen-bond donors (Lipinski definition) is 1. The van der Waals surface area contributed by atoms with E-state index in [2.05, 4.69) is 21.4 Å². The number of nitrogens with one attached hydrogen (secondary N) is 1. The maximum absolute atomic E-state index is 14.6. The second-order valence-corrected chi connectivity index (χ2v) is 10.6. The molecule has 5 rings (SSSR count). The van der Waals surface area contributed by atoms with Gasteiger partial charge < -0.3 is 15.1 Å². The van der Waals surface area contributed by atoms with Gasteiger partial charge in [0.1, 0.15) is 5.82 Å². The fraction of sp³-hybridized carbons (Fsp3) is 0.393. The van der Waals surface area contributed by atoms with E-state index in [1.54, 1.807) is 14.0 Å². The molecule has 2 fully saturated rings. The van der Waals surface area contributed by atoms with Crippen molar-refractivity contribution in [2.24, 2.45) is 11.8 Å². The Morgan fingerprint density at radius 2 is 1.92 bits per heavy atom. The molecule has 37 heavy (non-hydrogen) atoms. The number of benzene rings is 2. The molecule has 1 N–H and O–H groups in total. The molecule has 2 atom stereocenters. The lowest BCUT2D eigenvalue weighted by Gasteiger charge is -2.29. The number of carbonyl (C=O) groups is 2. The highest BCUT2D eigenvalue weighted by Gasteiger charge is 2.45. The third-order valence-electron chi connectivity index (χ3n) is 7.25. The zero-order chi connectivity index (χ0) is 26.4. The molecule has 1 aromatic heterocycles. The Balaban J connectivity index is 1.56. The fourth-order valence-electron chi connectivity index (χ4n) is 5.09. The molecule has 1 saturated carbocycles. The summed E-state index contributed by atoms with van der Waals surface area (Å²) < 4.78 is 16.5. The molecule has 1 saturated heterocycles. The van der Waals surface area contributed by atoms with Gasteiger partial charge in [0.15, 0.2) is 5.82 Å². The average molecular weight is 524 g/mol. The number of amides is 2. The molecular weight excluding hydrogens is 493 g/mol. The van der Waals surface area contributed by atoms with E-state index in [-0.39, 0.29) is 22.5 Å². The zero-order valence-electron chi connectivity index (χ0n) is 21.5. The average Bonchev–Trinajstić information content (AvgIpc) is 3.26. The Kier molecular flexibility index (Phi) is 6.70. The lowest BCUT2D eigenvalue weighted by Crippen LogP contribution is -2.31. The van der Waals surface area contributed by atoms with E-state index >= 15 is 0 Å². The molecular formula is C28H31ClFN5O2. The van der Waals surface area contributed by atoms with Gasteiger partial charge in [-0.05, 0) is 56.4 Å². The predicted molar refractivity (Wildman–Crippen MR) is 145 cm³/mol. The Bertz CT molecular complexity index is 1340. The first-order chi connectivity index (χ1) is 17.7. The van der Waals surface area contributed by atoms with Gasteiger partial charge in [-0.15, -0.1) is 0 Å². The van der Waals surface area contributed by atoms with Crippen molar-refractivity contribution in [3.63, 3.8) is 0 Å². The fourth-order valence-corrected chi connectivity index (χ4v) is 5.33. The van der Waals surface area contributed by atoms with Crippen LogP contribution in [0.1, 0.15) is 50.0 Å². The van der Waals surface area contributed by atoms with Gasteiger partial charge in [0.2, 0.25) is 5.91 Å². The molecule has 2 aromatic carbocycles. The first-order valence-corrected chi connectivity index (χ1v) is 13.1. The largest absolute Gasteiger partial charge is 0.369 e. The summed E-state index contributed by atoms with van der Waals surface area (Å²) >= 11 is 6.21. The Morgan fingerprint density at radius 1 is 1.19 bits per heavy atom. The van der Waals surface area contributed by atoms with Crippen LogP contribution in [-0.2, 0) is 4.79 Å². The van der Waals surface area contributed by atoms with E-state index in [0.717, 1.165) is 30.0 Å². The van der Waals surface area contributed by atoms with Crippen LogP contribution in [-0.4, -0.2) is 41.7 Å². The second kappa shape index (κ2) is 9.82. The maximum Gasteiger partial charge on any atom is 0.262 e. The van der Waals surface area contributed by atoms with Crippen molar-refractivity contribution in [2.75, 3.05) is 35.3 Å². The second-order valence-electron chi connectivity index (χ2n) is 10.2. The summed E-state index contributed by atoms with van der Waals surface area (Å²) in [6.07, 6.45) is 1.61. The molecule has 2 heterocycles. The molecule has 194 valence electrons. The van der Waals surface area contributed by atoms with Gasteiger partial charge in [0, 0.05) is 44.2 Å². The summed E-state index contributed by atoms with van der Waals surface area (Å²) in [5.74, 6) is 0.612. The molecule has 9 heteroatoms. The summed E-state index contributed by atoms with van der Waals surface area (Å²) in [4.78, 5) is 29.1. The number of hydrogen-bond acceptors (Lipinski definition) is 4. The van der Waals surface area contributed by atoms with E-state index in [1.165, 1.54) is 29.5 Å². The summed E-state index contributed by atoms with van der Waals surface area (Å²) in [7, 11) is 1.65. The highest BCUT2D eigenvalue weighted by atomic mass is 35.5. The summed E-state index contributed by atoms with van der Waals surface area (Å²) in [5, 5.41) is 7.55. The third-order valence-corrected chi connectivity index (χ3v) is 7.56. The van der Waals surface area contributed by atoms with Crippen LogP contribution >= 0.6 is 11.6 Å². The Morgan fingerprint density at radius 3 is 2.57 bits per heavy atom. The summed E-state index contributed by atoms with van der Waals surface area (Å²) in [5.41, 5.74) is 3.24. The minimum Gasteiger partial charge on any atom is -0.369 e. The molecule has 0 bridgehead atoms. The van der Waals surface area contributed by atoms with Crippen molar-refractivity contribution < 1.29 is 14.0 Å². The van der Waals surface area contributed by atoms with Crippen molar-refractivity contribution in [1.29, 1.82) is 0 Å². The molecule has 0 radical (unpaired) electrons. The molecule has 2 amide bonds. The molecule has 1 aliphatic heterocycles. The smallest absolute Gasteiger partial charge is 0.262 e. The number of rotatable bonds is 7. The van der Waals surface area contributed by atoms with Crippen LogP contribution in [0.25, 0.3) is 11.3 Å². The first-order valence-electron chi connectivity index (χ1n) is 12.7. The number of carbonyl (C=O) groups excluding carboxylic acids is 2. The standard InChI is InChI=1S/C28H31ClFN5O2/c1-5-26(36)31-25-13-23(35(32-25)16(2)3)17-9-10-22(24(12-17)34-14-18-11-19(18)15-34)33(4)28(37)27-20(29)7-6-8-21(27)30/h6-10,12-13,16,18-19H,5,11,14-15H2,1-4H3,(H,31,32,36). The van der Waals surface area contributed by atoms with Crippen LogP contribution in [0.3, 0.4) is 0 Å². The number of fused-ring (bicyclic) bond motifs is 1. The number of piperidine rings is 1. The monoisotopic (exact) mass is 523 g/mol. The lowest BCUT2D eigenvalue weighted by atomic mass is 10.1. The van der Waals surface area contributed by atoms with Crippen molar-refractivity contribution >= 4 is 40.6 Å². The topological polar surface area (TPSA) is 70.5 Å². The Labute approximate surface area is 221 Å². The van der Waals surface area contributed by atoms with Gasteiger partial charge in [-0.3, -0.25) is 14.3 Å². The molecule has 0 spiro atoms.